The van der Waals surface area contributed by atoms with Crippen molar-refractivity contribution in [3.05, 3.63) is 53.5 Å². The van der Waals surface area contributed by atoms with Gasteiger partial charge in [0.2, 0.25) is 0 Å². The summed E-state index contributed by atoms with van der Waals surface area (Å²) in [7, 11) is 3.57. The fraction of sp³-hybridized carbons (Fsp3) is 0.211. The lowest BCUT2D eigenvalue weighted by atomic mass is 9.99. The van der Waals surface area contributed by atoms with Gasteiger partial charge in [-0.15, -0.1) is 0 Å². The molecule has 0 radical (unpaired) electrons. The van der Waals surface area contributed by atoms with E-state index < -0.39 is 0 Å². The summed E-state index contributed by atoms with van der Waals surface area (Å²) in [5, 5.41) is 0.907. The molecule has 0 amide bonds. The third kappa shape index (κ3) is 2.29. The smallest absolute Gasteiger partial charge is 0.127 e. The van der Waals surface area contributed by atoms with Gasteiger partial charge in [-0.2, -0.15) is 0 Å². The number of hydrogen-bond acceptors (Lipinski definition) is 4. The van der Waals surface area contributed by atoms with Gasteiger partial charge in [0.25, 0.3) is 0 Å². The molecular weight excluding hydrogens is 305 g/mol. The number of rotatable bonds is 2. The average Bonchev–Trinajstić information content (AvgIpc) is 2.94. The molecule has 1 aliphatic heterocycles. The van der Waals surface area contributed by atoms with Gasteiger partial charge in [-0.1, -0.05) is 18.2 Å². The predicted molar refractivity (Wildman–Crippen MR) is 93.3 cm³/mol. The zero-order valence-corrected chi connectivity index (χ0v) is 13.6. The number of ether oxygens (including phenoxy) is 1. The second-order valence-corrected chi connectivity index (χ2v) is 6.20. The van der Waals surface area contributed by atoms with E-state index in [2.05, 4.69) is 4.90 Å². The number of nitrogen functional groups attached to an aromatic ring is 1. The van der Waals surface area contributed by atoms with Gasteiger partial charge in [0.1, 0.15) is 11.6 Å². The van der Waals surface area contributed by atoms with E-state index in [-0.39, 0.29) is 5.82 Å². The molecule has 0 atom stereocenters. The van der Waals surface area contributed by atoms with Crippen molar-refractivity contribution in [1.29, 1.82) is 0 Å². The van der Waals surface area contributed by atoms with Crippen LogP contribution in [0.15, 0.2) is 36.4 Å². The molecule has 3 aromatic rings. The van der Waals surface area contributed by atoms with E-state index in [0.717, 1.165) is 52.1 Å². The molecule has 4 nitrogen and oxygen atoms in total. The summed E-state index contributed by atoms with van der Waals surface area (Å²) in [6.07, 6.45) is 0. The van der Waals surface area contributed by atoms with Gasteiger partial charge in [0, 0.05) is 41.4 Å². The summed E-state index contributed by atoms with van der Waals surface area (Å²) in [5.74, 6) is 0.145. The predicted octanol–water partition coefficient (Wildman–Crippen LogP) is 3.58. The minimum absolute atomic E-state index is 0.338. The van der Waals surface area contributed by atoms with Crippen LogP contribution in [0.3, 0.4) is 0 Å². The van der Waals surface area contributed by atoms with Crippen molar-refractivity contribution in [3.8, 4) is 16.9 Å². The van der Waals surface area contributed by atoms with Crippen molar-refractivity contribution >= 4 is 16.6 Å². The largest absolute Gasteiger partial charge is 0.497 e. The molecule has 0 bridgehead atoms. The Morgan fingerprint density at radius 3 is 2.83 bits per heavy atom. The molecule has 2 N–H and O–H groups in total. The number of halogens is 1. The van der Waals surface area contributed by atoms with Crippen LogP contribution in [-0.4, -0.2) is 24.0 Å². The Morgan fingerprint density at radius 1 is 1.21 bits per heavy atom. The maximum Gasteiger partial charge on any atom is 0.127 e. The van der Waals surface area contributed by atoms with Crippen LogP contribution in [0.4, 0.5) is 10.1 Å². The van der Waals surface area contributed by atoms with Gasteiger partial charge in [0.05, 0.1) is 18.3 Å². The first-order valence-electron chi connectivity index (χ1n) is 7.80. The molecule has 0 aliphatic carbocycles. The second-order valence-electron chi connectivity index (χ2n) is 6.20. The molecule has 5 heteroatoms. The lowest BCUT2D eigenvalue weighted by molar-refractivity contribution is 0.351. The molecule has 4 rings (SSSR count). The number of nitrogens with zero attached hydrogens (tertiary/aromatic N) is 2. The molecule has 2 heterocycles. The minimum Gasteiger partial charge on any atom is -0.497 e. The Bertz CT molecular complexity index is 955. The third-order valence-electron chi connectivity index (χ3n) is 4.51. The second kappa shape index (κ2) is 5.46. The fourth-order valence-electron chi connectivity index (χ4n) is 3.36. The quantitative estimate of drug-likeness (QED) is 0.783. The van der Waals surface area contributed by atoms with Crippen molar-refractivity contribution in [2.24, 2.45) is 0 Å². The topological polar surface area (TPSA) is 51.4 Å². The van der Waals surface area contributed by atoms with Crippen LogP contribution >= 0.6 is 0 Å². The molecule has 0 fully saturated rings. The molecule has 0 unspecified atom stereocenters. The summed E-state index contributed by atoms with van der Waals surface area (Å²) in [6, 6.07) is 10.5. The summed E-state index contributed by atoms with van der Waals surface area (Å²) < 4.78 is 19.1. The van der Waals surface area contributed by atoms with E-state index >= 15 is 0 Å². The molecule has 24 heavy (non-hydrogen) atoms. The summed E-state index contributed by atoms with van der Waals surface area (Å²) in [4.78, 5) is 7.02. The highest BCUT2D eigenvalue weighted by Gasteiger charge is 2.22. The van der Waals surface area contributed by atoms with Crippen molar-refractivity contribution in [2.45, 2.75) is 13.1 Å². The average molecular weight is 323 g/mol. The third-order valence-corrected chi connectivity index (χ3v) is 4.51. The molecule has 0 saturated heterocycles. The molecule has 1 aromatic heterocycles. The van der Waals surface area contributed by atoms with Gasteiger partial charge < -0.3 is 10.5 Å². The Kier molecular flexibility index (Phi) is 3.39. The van der Waals surface area contributed by atoms with Crippen LogP contribution < -0.4 is 10.5 Å². The number of hydrogen-bond donors (Lipinski definition) is 1. The lowest BCUT2D eigenvalue weighted by Gasteiger charge is -2.12. The molecule has 1 aliphatic rings. The van der Waals surface area contributed by atoms with Gasteiger partial charge in [-0.3, -0.25) is 9.88 Å². The Balaban J connectivity index is 1.99. The molecule has 122 valence electrons. The van der Waals surface area contributed by atoms with Crippen LogP contribution in [0, 0.1) is 5.82 Å². The van der Waals surface area contributed by atoms with Gasteiger partial charge in [-0.05, 0) is 24.7 Å². The van der Waals surface area contributed by atoms with Crippen LogP contribution in [0.1, 0.15) is 11.3 Å². The first-order valence-corrected chi connectivity index (χ1v) is 7.80. The summed E-state index contributed by atoms with van der Waals surface area (Å²) in [5.41, 5.74) is 11.7. The summed E-state index contributed by atoms with van der Waals surface area (Å²) >= 11 is 0. The highest BCUT2D eigenvalue weighted by molar-refractivity contribution is 6.01. The van der Waals surface area contributed by atoms with Gasteiger partial charge in [-0.25, -0.2) is 4.39 Å². The Morgan fingerprint density at radius 2 is 2.04 bits per heavy atom. The monoisotopic (exact) mass is 323 g/mol. The number of anilines is 1. The van der Waals surface area contributed by atoms with E-state index in [9.17, 15) is 4.39 Å². The maximum absolute atomic E-state index is 13.9. The van der Waals surface area contributed by atoms with E-state index in [1.165, 1.54) is 19.2 Å². The van der Waals surface area contributed by atoms with E-state index in [1.807, 2.05) is 31.3 Å². The van der Waals surface area contributed by atoms with Gasteiger partial charge in [0.15, 0.2) is 0 Å². The van der Waals surface area contributed by atoms with Crippen LogP contribution in [0.25, 0.3) is 22.0 Å². The van der Waals surface area contributed by atoms with Gasteiger partial charge >= 0.3 is 0 Å². The lowest BCUT2D eigenvalue weighted by Crippen LogP contribution is -2.08. The van der Waals surface area contributed by atoms with Crippen LogP contribution in [-0.2, 0) is 13.1 Å². The number of nitrogens with two attached hydrogens (primary N) is 1. The van der Waals surface area contributed by atoms with Crippen molar-refractivity contribution in [2.75, 3.05) is 19.9 Å². The SMILES string of the molecule is COc1cc(F)cc(-c2cccc3c(N)c4c(nc23)CN(C)C4)c1. The zero-order chi connectivity index (χ0) is 16.8. The summed E-state index contributed by atoms with van der Waals surface area (Å²) in [6.45, 7) is 1.58. The number of benzene rings is 2. The van der Waals surface area contributed by atoms with Crippen LogP contribution in [0.2, 0.25) is 0 Å². The fourth-order valence-corrected chi connectivity index (χ4v) is 3.36. The van der Waals surface area contributed by atoms with E-state index in [4.69, 9.17) is 15.5 Å². The normalized spacial score (nSPS) is 14.1. The number of methoxy groups -OCH3 is 1. The van der Waals surface area contributed by atoms with Crippen molar-refractivity contribution in [3.63, 3.8) is 0 Å². The first-order chi connectivity index (χ1) is 11.6. The highest BCUT2D eigenvalue weighted by Crippen LogP contribution is 2.37. The molecule has 2 aromatic carbocycles. The highest BCUT2D eigenvalue weighted by atomic mass is 19.1. The molecular formula is C19H18FN3O. The Hall–Kier alpha value is -2.66. The number of fused-ring (bicyclic) bond motifs is 2. The standard InChI is InChI=1S/C19H18FN3O/c1-23-9-16-17(10-23)22-19-14(4-3-5-15(19)18(16)21)11-6-12(20)8-13(7-11)24-2/h3-8H,9-10H2,1-2H3,(H2,21,22). The van der Waals surface area contributed by atoms with Crippen molar-refractivity contribution in [1.82, 2.24) is 9.88 Å². The van der Waals surface area contributed by atoms with E-state index in [1.54, 1.807) is 0 Å². The number of para-hydroxylation sites is 1. The minimum atomic E-state index is -0.338. The van der Waals surface area contributed by atoms with Crippen molar-refractivity contribution < 1.29 is 9.13 Å². The van der Waals surface area contributed by atoms with E-state index in [0.29, 0.717) is 5.75 Å². The first kappa shape index (κ1) is 14.9. The zero-order valence-electron chi connectivity index (χ0n) is 13.6. The molecule has 0 saturated carbocycles. The maximum atomic E-state index is 13.9. The number of pyridine rings is 1. The molecule has 0 spiro atoms. The Labute approximate surface area is 139 Å². The number of aromatic nitrogens is 1. The van der Waals surface area contributed by atoms with Crippen LogP contribution in [0.5, 0.6) is 5.75 Å².